The molecule has 19 heavy (non-hydrogen) atoms. The monoisotopic (exact) mass is 303 g/mol. The molecule has 0 aliphatic carbocycles. The summed E-state index contributed by atoms with van der Waals surface area (Å²) in [5.41, 5.74) is 0. The van der Waals surface area contributed by atoms with Gasteiger partial charge in [0.1, 0.15) is 4.88 Å². The third kappa shape index (κ3) is 2.95. The average Bonchev–Trinajstić information content (AvgIpc) is 2.93. The quantitative estimate of drug-likeness (QED) is 0.887. The van der Waals surface area contributed by atoms with Crippen LogP contribution in [0.15, 0.2) is 12.1 Å². The number of hydrogen-bond donors (Lipinski definition) is 1. The van der Waals surface area contributed by atoms with E-state index in [2.05, 4.69) is 0 Å². The SMILES string of the molecule is CN(C(=O)c1ccc(C(=O)O)s1)C1CCS(=O)(=O)C1. The van der Waals surface area contributed by atoms with E-state index in [1.54, 1.807) is 7.05 Å². The van der Waals surface area contributed by atoms with Crippen molar-refractivity contribution in [3.8, 4) is 0 Å². The van der Waals surface area contributed by atoms with Crippen molar-refractivity contribution >= 4 is 33.1 Å². The zero-order valence-corrected chi connectivity index (χ0v) is 11.8. The van der Waals surface area contributed by atoms with Crippen LogP contribution >= 0.6 is 11.3 Å². The maximum atomic E-state index is 12.1. The molecule has 1 amide bonds. The summed E-state index contributed by atoms with van der Waals surface area (Å²) in [5.74, 6) is -1.33. The molecule has 1 aromatic rings. The van der Waals surface area contributed by atoms with Gasteiger partial charge >= 0.3 is 5.97 Å². The Hall–Kier alpha value is -1.41. The number of amides is 1. The molecule has 1 aliphatic rings. The minimum atomic E-state index is -3.05. The third-order valence-electron chi connectivity index (χ3n) is 3.10. The van der Waals surface area contributed by atoms with Crippen molar-refractivity contribution in [3.63, 3.8) is 0 Å². The van der Waals surface area contributed by atoms with Crippen LogP contribution in [0.25, 0.3) is 0 Å². The number of carboxylic acid groups (broad SMARTS) is 1. The number of carbonyl (C=O) groups is 2. The first kappa shape index (κ1) is 14.0. The molecule has 1 unspecified atom stereocenters. The highest BCUT2D eigenvalue weighted by Gasteiger charge is 2.33. The Morgan fingerprint density at radius 3 is 2.47 bits per heavy atom. The molecule has 1 N–H and O–H groups in total. The van der Waals surface area contributed by atoms with Gasteiger partial charge in [-0.15, -0.1) is 11.3 Å². The number of hydrogen-bond acceptors (Lipinski definition) is 5. The molecule has 1 atom stereocenters. The number of aromatic carboxylic acids is 1. The highest BCUT2D eigenvalue weighted by atomic mass is 32.2. The van der Waals surface area contributed by atoms with E-state index in [-0.39, 0.29) is 28.3 Å². The van der Waals surface area contributed by atoms with Crippen molar-refractivity contribution < 1.29 is 23.1 Å². The van der Waals surface area contributed by atoms with Gasteiger partial charge in [0, 0.05) is 13.1 Å². The Bertz CT molecular complexity index is 619. The zero-order chi connectivity index (χ0) is 14.2. The van der Waals surface area contributed by atoms with Gasteiger partial charge in [0.05, 0.1) is 16.4 Å². The van der Waals surface area contributed by atoms with Crippen LogP contribution in [0, 0.1) is 0 Å². The van der Waals surface area contributed by atoms with E-state index >= 15 is 0 Å². The van der Waals surface area contributed by atoms with Crippen LogP contribution < -0.4 is 0 Å². The molecule has 1 fully saturated rings. The molecule has 0 bridgehead atoms. The van der Waals surface area contributed by atoms with Gasteiger partial charge in [0.25, 0.3) is 5.91 Å². The lowest BCUT2D eigenvalue weighted by Gasteiger charge is -2.22. The van der Waals surface area contributed by atoms with E-state index < -0.39 is 15.8 Å². The minimum absolute atomic E-state index is 0.0214. The zero-order valence-electron chi connectivity index (χ0n) is 10.2. The molecule has 1 saturated heterocycles. The number of rotatable bonds is 3. The third-order valence-corrected chi connectivity index (χ3v) is 5.92. The first-order chi connectivity index (χ1) is 8.80. The van der Waals surface area contributed by atoms with Gasteiger partial charge in [0.2, 0.25) is 0 Å². The normalized spacial score (nSPS) is 21.2. The second-order valence-electron chi connectivity index (χ2n) is 4.44. The fraction of sp³-hybridized carbons (Fsp3) is 0.455. The molecule has 1 aromatic heterocycles. The van der Waals surface area contributed by atoms with Crippen molar-refractivity contribution in [1.29, 1.82) is 0 Å². The van der Waals surface area contributed by atoms with E-state index in [9.17, 15) is 18.0 Å². The molecule has 0 saturated carbocycles. The van der Waals surface area contributed by atoms with Crippen LogP contribution in [0.4, 0.5) is 0 Å². The molecular weight excluding hydrogens is 290 g/mol. The molecule has 1 aliphatic heterocycles. The van der Waals surface area contributed by atoms with Crippen LogP contribution in [0.2, 0.25) is 0 Å². The summed E-state index contributed by atoms with van der Waals surface area (Å²) in [7, 11) is -1.50. The maximum Gasteiger partial charge on any atom is 0.345 e. The van der Waals surface area contributed by atoms with E-state index in [1.807, 2.05) is 0 Å². The second-order valence-corrected chi connectivity index (χ2v) is 7.75. The largest absolute Gasteiger partial charge is 0.477 e. The fourth-order valence-electron chi connectivity index (χ4n) is 1.99. The number of sulfone groups is 1. The lowest BCUT2D eigenvalue weighted by atomic mass is 10.2. The standard InChI is InChI=1S/C11H13NO5S2/c1-12(7-4-5-19(16,17)6-7)10(13)8-2-3-9(18-8)11(14)15/h2-3,7H,4-6H2,1H3,(H,14,15). The number of thiophene rings is 1. The van der Waals surface area contributed by atoms with E-state index in [4.69, 9.17) is 5.11 Å². The van der Waals surface area contributed by atoms with Gasteiger partial charge < -0.3 is 10.0 Å². The second kappa shape index (κ2) is 4.93. The van der Waals surface area contributed by atoms with Crippen molar-refractivity contribution in [1.82, 2.24) is 4.90 Å². The van der Waals surface area contributed by atoms with Crippen LogP contribution in [0.3, 0.4) is 0 Å². The summed E-state index contributed by atoms with van der Waals surface area (Å²) in [6.07, 6.45) is 0.432. The molecule has 0 radical (unpaired) electrons. The Morgan fingerprint density at radius 1 is 1.37 bits per heavy atom. The van der Waals surface area contributed by atoms with Crippen molar-refractivity contribution in [2.24, 2.45) is 0 Å². The predicted molar refractivity (Wildman–Crippen MR) is 70.4 cm³/mol. The molecule has 2 rings (SSSR count). The van der Waals surface area contributed by atoms with E-state index in [0.717, 1.165) is 11.3 Å². The van der Waals surface area contributed by atoms with Gasteiger partial charge in [-0.3, -0.25) is 4.79 Å². The molecular formula is C11H13NO5S2. The van der Waals surface area contributed by atoms with Gasteiger partial charge in [-0.2, -0.15) is 0 Å². The van der Waals surface area contributed by atoms with Crippen molar-refractivity contribution in [2.45, 2.75) is 12.5 Å². The Labute approximate surface area is 114 Å². The fourth-order valence-corrected chi connectivity index (χ4v) is 4.59. The van der Waals surface area contributed by atoms with Gasteiger partial charge in [0.15, 0.2) is 9.84 Å². The number of carbonyl (C=O) groups excluding carboxylic acids is 1. The van der Waals surface area contributed by atoms with Gasteiger partial charge in [-0.25, -0.2) is 13.2 Å². The first-order valence-corrected chi connectivity index (χ1v) is 8.24. The van der Waals surface area contributed by atoms with E-state index in [0.29, 0.717) is 11.3 Å². The Morgan fingerprint density at radius 2 is 2.00 bits per heavy atom. The smallest absolute Gasteiger partial charge is 0.345 e. The molecule has 104 valence electrons. The summed E-state index contributed by atoms with van der Waals surface area (Å²) in [5, 5.41) is 8.80. The lowest BCUT2D eigenvalue weighted by molar-refractivity contribution is 0.0701. The number of carboxylic acids is 1. The average molecular weight is 303 g/mol. The summed E-state index contributed by atoms with van der Waals surface area (Å²) in [4.78, 5) is 24.7. The molecule has 0 spiro atoms. The summed E-state index contributed by atoms with van der Waals surface area (Å²) < 4.78 is 22.8. The Balaban J connectivity index is 2.13. The van der Waals surface area contributed by atoms with E-state index in [1.165, 1.54) is 17.0 Å². The highest BCUT2D eigenvalue weighted by Crippen LogP contribution is 2.22. The van der Waals surface area contributed by atoms with Crippen LogP contribution in [0.1, 0.15) is 25.8 Å². The molecule has 2 heterocycles. The highest BCUT2D eigenvalue weighted by molar-refractivity contribution is 7.91. The van der Waals surface area contributed by atoms with Gasteiger partial charge in [-0.05, 0) is 18.6 Å². The Kier molecular flexibility index (Phi) is 3.64. The molecule has 0 aromatic carbocycles. The first-order valence-electron chi connectivity index (χ1n) is 5.61. The summed E-state index contributed by atoms with van der Waals surface area (Å²) >= 11 is 0.896. The van der Waals surface area contributed by atoms with Gasteiger partial charge in [-0.1, -0.05) is 0 Å². The topological polar surface area (TPSA) is 91.8 Å². The molecule has 6 nitrogen and oxygen atoms in total. The minimum Gasteiger partial charge on any atom is -0.477 e. The predicted octanol–water partition coefficient (Wildman–Crippen LogP) is 0.705. The maximum absolute atomic E-state index is 12.1. The molecule has 8 heteroatoms. The summed E-state index contributed by atoms with van der Waals surface area (Å²) in [6, 6.07) is 2.50. The summed E-state index contributed by atoms with van der Waals surface area (Å²) in [6.45, 7) is 0. The lowest BCUT2D eigenvalue weighted by Crippen LogP contribution is -2.37. The van der Waals surface area contributed by atoms with Crippen molar-refractivity contribution in [2.75, 3.05) is 18.6 Å². The van der Waals surface area contributed by atoms with Crippen LogP contribution in [-0.4, -0.2) is 54.9 Å². The van der Waals surface area contributed by atoms with Crippen molar-refractivity contribution in [3.05, 3.63) is 21.9 Å². The van der Waals surface area contributed by atoms with Crippen LogP contribution in [0.5, 0.6) is 0 Å². The number of nitrogens with zero attached hydrogens (tertiary/aromatic N) is 1. The van der Waals surface area contributed by atoms with Crippen LogP contribution in [-0.2, 0) is 9.84 Å².